The molecule has 2 atom stereocenters. The molecular formula is C23H25ClN2O. The molecule has 0 saturated heterocycles. The summed E-state index contributed by atoms with van der Waals surface area (Å²) in [5.74, 6) is 0.214. The zero-order valence-electron chi connectivity index (χ0n) is 15.8. The van der Waals surface area contributed by atoms with E-state index in [4.69, 9.17) is 11.6 Å². The highest BCUT2D eigenvalue weighted by molar-refractivity contribution is 6.30. The minimum Gasteiger partial charge on any atom is -0.353 e. The number of amides is 1. The average molecular weight is 381 g/mol. The molecule has 2 aromatic carbocycles. The van der Waals surface area contributed by atoms with Gasteiger partial charge in [0.05, 0.1) is 11.6 Å². The van der Waals surface area contributed by atoms with Gasteiger partial charge in [-0.15, -0.1) is 0 Å². The zero-order valence-corrected chi connectivity index (χ0v) is 16.6. The number of carbonyl (C=O) groups is 1. The molecule has 1 saturated carbocycles. The van der Waals surface area contributed by atoms with Gasteiger partial charge in [-0.25, -0.2) is 0 Å². The number of rotatable bonds is 6. The van der Waals surface area contributed by atoms with E-state index in [0.717, 1.165) is 36.8 Å². The van der Waals surface area contributed by atoms with Crippen molar-refractivity contribution in [1.82, 2.24) is 5.32 Å². The zero-order chi connectivity index (χ0) is 19.4. The summed E-state index contributed by atoms with van der Waals surface area (Å²) in [6.07, 6.45) is 3.80. The van der Waals surface area contributed by atoms with Crippen LogP contribution in [0, 0.1) is 16.7 Å². The monoisotopic (exact) mass is 380 g/mol. The summed E-state index contributed by atoms with van der Waals surface area (Å²) in [5.41, 5.74) is 2.63. The van der Waals surface area contributed by atoms with Gasteiger partial charge in [0.1, 0.15) is 0 Å². The maximum atomic E-state index is 12.7. The first-order chi connectivity index (χ1) is 12.9. The SMILES string of the molecule is CC(NC(=O)C1(C)CCC1)[C@@H](Cc1ccc(Cl)cc1)c1cccc(C#N)c1. The summed E-state index contributed by atoms with van der Waals surface area (Å²) in [6.45, 7) is 4.10. The molecule has 0 heterocycles. The Labute approximate surface area is 166 Å². The normalized spacial score (nSPS) is 17.3. The fourth-order valence-electron chi connectivity index (χ4n) is 3.71. The third kappa shape index (κ3) is 4.51. The molecule has 0 aromatic heterocycles. The van der Waals surface area contributed by atoms with Crippen LogP contribution in [0.15, 0.2) is 48.5 Å². The van der Waals surface area contributed by atoms with Gasteiger partial charge in [0.25, 0.3) is 0 Å². The van der Waals surface area contributed by atoms with E-state index in [-0.39, 0.29) is 23.3 Å². The van der Waals surface area contributed by atoms with Crippen LogP contribution >= 0.6 is 11.6 Å². The van der Waals surface area contributed by atoms with Gasteiger partial charge in [0.2, 0.25) is 5.91 Å². The van der Waals surface area contributed by atoms with Crippen molar-refractivity contribution < 1.29 is 4.79 Å². The minimum atomic E-state index is -0.229. The van der Waals surface area contributed by atoms with Gasteiger partial charge in [-0.3, -0.25) is 4.79 Å². The topological polar surface area (TPSA) is 52.9 Å². The van der Waals surface area contributed by atoms with Crippen molar-refractivity contribution in [1.29, 1.82) is 5.26 Å². The fraction of sp³-hybridized carbons (Fsp3) is 0.391. The van der Waals surface area contributed by atoms with Crippen molar-refractivity contribution in [3.05, 3.63) is 70.2 Å². The van der Waals surface area contributed by atoms with Gasteiger partial charge in [0, 0.05) is 22.4 Å². The molecule has 1 N–H and O–H groups in total. The molecule has 2 aromatic rings. The molecule has 1 fully saturated rings. The summed E-state index contributed by atoms with van der Waals surface area (Å²) in [4.78, 5) is 12.7. The lowest BCUT2D eigenvalue weighted by Crippen LogP contribution is -2.48. The maximum absolute atomic E-state index is 12.7. The fourth-order valence-corrected chi connectivity index (χ4v) is 3.84. The van der Waals surface area contributed by atoms with Crippen LogP contribution in [0.4, 0.5) is 0 Å². The Morgan fingerprint density at radius 2 is 1.96 bits per heavy atom. The molecule has 1 aliphatic carbocycles. The lowest BCUT2D eigenvalue weighted by Gasteiger charge is -2.38. The summed E-state index contributed by atoms with van der Waals surface area (Å²) < 4.78 is 0. The molecule has 3 rings (SSSR count). The van der Waals surface area contributed by atoms with Crippen LogP contribution < -0.4 is 5.32 Å². The maximum Gasteiger partial charge on any atom is 0.226 e. The van der Waals surface area contributed by atoms with Gasteiger partial charge in [-0.1, -0.05) is 49.2 Å². The number of nitrogens with zero attached hydrogens (tertiary/aromatic N) is 1. The Balaban J connectivity index is 1.84. The Morgan fingerprint density at radius 3 is 2.56 bits per heavy atom. The quantitative estimate of drug-likeness (QED) is 0.745. The van der Waals surface area contributed by atoms with E-state index in [9.17, 15) is 10.1 Å². The van der Waals surface area contributed by atoms with Gasteiger partial charge < -0.3 is 5.32 Å². The van der Waals surface area contributed by atoms with E-state index >= 15 is 0 Å². The van der Waals surface area contributed by atoms with E-state index < -0.39 is 0 Å². The van der Waals surface area contributed by atoms with Crippen molar-refractivity contribution >= 4 is 17.5 Å². The lowest BCUT2D eigenvalue weighted by atomic mass is 9.69. The number of halogens is 1. The minimum absolute atomic E-state index is 0.0421. The van der Waals surface area contributed by atoms with Crippen LogP contribution in [-0.2, 0) is 11.2 Å². The summed E-state index contributed by atoms with van der Waals surface area (Å²) in [7, 11) is 0. The van der Waals surface area contributed by atoms with Crippen molar-refractivity contribution in [2.24, 2.45) is 5.41 Å². The number of hydrogen-bond donors (Lipinski definition) is 1. The van der Waals surface area contributed by atoms with Crippen LogP contribution in [0.3, 0.4) is 0 Å². The predicted octanol–water partition coefficient (Wildman–Crippen LogP) is 5.23. The molecule has 0 aliphatic heterocycles. The molecule has 0 spiro atoms. The van der Waals surface area contributed by atoms with Crippen molar-refractivity contribution in [2.75, 3.05) is 0 Å². The van der Waals surface area contributed by atoms with Crippen LogP contribution in [-0.4, -0.2) is 11.9 Å². The molecule has 1 aliphatic rings. The van der Waals surface area contributed by atoms with E-state index in [0.29, 0.717) is 10.6 Å². The van der Waals surface area contributed by atoms with E-state index in [1.807, 2.05) is 55.5 Å². The smallest absolute Gasteiger partial charge is 0.226 e. The third-order valence-electron chi connectivity index (χ3n) is 5.78. The van der Waals surface area contributed by atoms with Crippen molar-refractivity contribution in [3.63, 3.8) is 0 Å². The summed E-state index contributed by atoms with van der Waals surface area (Å²) in [5, 5.41) is 13.2. The van der Waals surface area contributed by atoms with E-state index in [1.165, 1.54) is 0 Å². The average Bonchev–Trinajstić information content (AvgIpc) is 2.65. The highest BCUT2D eigenvalue weighted by Gasteiger charge is 2.40. The first-order valence-electron chi connectivity index (χ1n) is 9.47. The van der Waals surface area contributed by atoms with Gasteiger partial charge in [-0.2, -0.15) is 5.26 Å². The number of nitriles is 1. The molecule has 0 bridgehead atoms. The van der Waals surface area contributed by atoms with Crippen LogP contribution in [0.1, 0.15) is 55.7 Å². The van der Waals surface area contributed by atoms with Gasteiger partial charge in [-0.05, 0) is 61.6 Å². The van der Waals surface area contributed by atoms with Crippen LogP contribution in [0.5, 0.6) is 0 Å². The second-order valence-corrected chi connectivity index (χ2v) is 8.29. The Bertz CT molecular complexity index is 849. The molecule has 0 radical (unpaired) electrons. The third-order valence-corrected chi connectivity index (χ3v) is 6.03. The number of nitrogens with one attached hydrogen (secondary N) is 1. The first-order valence-corrected chi connectivity index (χ1v) is 9.84. The van der Waals surface area contributed by atoms with E-state index in [2.05, 4.69) is 18.3 Å². The molecule has 1 unspecified atom stereocenters. The summed E-state index contributed by atoms with van der Waals surface area (Å²) in [6, 6.07) is 17.7. The van der Waals surface area contributed by atoms with Crippen LogP contribution in [0.2, 0.25) is 5.02 Å². The van der Waals surface area contributed by atoms with Crippen LogP contribution in [0.25, 0.3) is 0 Å². The summed E-state index contributed by atoms with van der Waals surface area (Å²) >= 11 is 6.02. The number of hydrogen-bond acceptors (Lipinski definition) is 2. The Hall–Kier alpha value is -2.31. The van der Waals surface area contributed by atoms with Crippen molar-refractivity contribution in [3.8, 4) is 6.07 Å². The Morgan fingerprint density at radius 1 is 1.26 bits per heavy atom. The first kappa shape index (κ1) is 19.5. The largest absolute Gasteiger partial charge is 0.353 e. The molecule has 140 valence electrons. The molecule has 4 heteroatoms. The highest BCUT2D eigenvalue weighted by Crippen LogP contribution is 2.40. The highest BCUT2D eigenvalue weighted by atomic mass is 35.5. The standard InChI is InChI=1S/C23H25ClN2O/c1-16(26-22(27)23(2)11-4-12-23)21(14-17-7-9-20(24)10-8-17)19-6-3-5-18(13-19)15-25/h3,5-10,13,16,21H,4,11-12,14H2,1-2H3,(H,26,27)/t16?,21-/m1/s1. The Kier molecular flexibility index (Phi) is 5.87. The number of benzene rings is 2. The lowest BCUT2D eigenvalue weighted by molar-refractivity contribution is -0.135. The van der Waals surface area contributed by atoms with Gasteiger partial charge >= 0.3 is 0 Å². The molecular weight excluding hydrogens is 356 g/mol. The molecule has 3 nitrogen and oxygen atoms in total. The second kappa shape index (κ2) is 8.15. The van der Waals surface area contributed by atoms with E-state index in [1.54, 1.807) is 0 Å². The molecule has 27 heavy (non-hydrogen) atoms. The predicted molar refractivity (Wildman–Crippen MR) is 109 cm³/mol. The van der Waals surface area contributed by atoms with Crippen molar-refractivity contribution in [2.45, 2.75) is 51.5 Å². The molecule has 1 amide bonds. The van der Waals surface area contributed by atoms with Gasteiger partial charge in [0.15, 0.2) is 0 Å². The number of carbonyl (C=O) groups excluding carboxylic acids is 1. The second-order valence-electron chi connectivity index (χ2n) is 7.85.